The highest BCUT2D eigenvalue weighted by Gasteiger charge is 2.54. The van der Waals surface area contributed by atoms with Gasteiger partial charge in [-0.25, -0.2) is 8.78 Å². The topological polar surface area (TPSA) is 108 Å². The van der Waals surface area contributed by atoms with E-state index in [0.717, 1.165) is 20.8 Å². The lowest BCUT2D eigenvalue weighted by atomic mass is 9.98. The Hall–Kier alpha value is -1.81. The van der Waals surface area contributed by atoms with Crippen LogP contribution < -0.4 is 0 Å². The maximum atomic E-state index is 13.0. The summed E-state index contributed by atoms with van der Waals surface area (Å²) in [6, 6.07) is 0. The first-order valence-corrected chi connectivity index (χ1v) is 6.26. The van der Waals surface area contributed by atoms with Crippen molar-refractivity contribution in [1.82, 2.24) is 0 Å². The van der Waals surface area contributed by atoms with Gasteiger partial charge in [-0.1, -0.05) is 0 Å². The lowest BCUT2D eigenvalue weighted by Crippen LogP contribution is -2.62. The van der Waals surface area contributed by atoms with E-state index in [2.05, 4.69) is 4.74 Å². The summed E-state index contributed by atoms with van der Waals surface area (Å²) in [6.45, 7) is 2.94. The van der Waals surface area contributed by atoms with Crippen molar-refractivity contribution in [3.63, 3.8) is 0 Å². The summed E-state index contributed by atoms with van der Waals surface area (Å²) in [7, 11) is 0. The van der Waals surface area contributed by atoms with Crippen molar-refractivity contribution in [2.75, 3.05) is 0 Å². The number of aliphatic hydroxyl groups is 1. The molecule has 8 nitrogen and oxygen atoms in total. The molecule has 3 unspecified atom stereocenters. The van der Waals surface area contributed by atoms with Crippen LogP contribution in [0.15, 0.2) is 0 Å². The molecule has 1 rings (SSSR count). The minimum atomic E-state index is -3.14. The van der Waals surface area contributed by atoms with E-state index in [0.29, 0.717) is 0 Å². The number of carbonyl (C=O) groups is 3. The first kappa shape index (κ1) is 18.2. The van der Waals surface area contributed by atoms with Gasteiger partial charge in [0.2, 0.25) is 0 Å². The van der Waals surface area contributed by atoms with E-state index in [4.69, 9.17) is 14.2 Å². The van der Waals surface area contributed by atoms with Gasteiger partial charge in [0.05, 0.1) is 0 Å². The SMILES string of the molecule is CC(=O)OC1C(OC(C)=O)[C@H](O)OC(C(F)F)[C@H]1OC(C)=O. The number of hydrogen-bond donors (Lipinski definition) is 1. The fourth-order valence-electron chi connectivity index (χ4n) is 2.02. The van der Waals surface area contributed by atoms with Gasteiger partial charge >= 0.3 is 17.9 Å². The number of aliphatic hydroxyl groups excluding tert-OH is 1. The van der Waals surface area contributed by atoms with Crippen molar-refractivity contribution in [3.05, 3.63) is 0 Å². The second-order valence-corrected chi connectivity index (χ2v) is 4.55. The molecule has 1 fully saturated rings. The highest BCUT2D eigenvalue weighted by molar-refractivity contribution is 5.68. The Labute approximate surface area is 124 Å². The van der Waals surface area contributed by atoms with Crippen LogP contribution in [-0.4, -0.2) is 60.1 Å². The molecular weight excluding hydrogens is 310 g/mol. The largest absolute Gasteiger partial charge is 0.455 e. The van der Waals surface area contributed by atoms with Crippen molar-refractivity contribution in [1.29, 1.82) is 0 Å². The summed E-state index contributed by atoms with van der Waals surface area (Å²) in [5.74, 6) is -2.71. The van der Waals surface area contributed by atoms with Gasteiger partial charge in [0, 0.05) is 20.8 Å². The Balaban J connectivity index is 3.15. The summed E-state index contributed by atoms with van der Waals surface area (Å²) in [6.07, 6.45) is -12.1. The average molecular weight is 326 g/mol. The number of carbonyl (C=O) groups excluding carboxylic acids is 3. The lowest BCUT2D eigenvalue weighted by Gasteiger charge is -2.42. The summed E-state index contributed by atoms with van der Waals surface area (Å²) in [4.78, 5) is 33.3. The van der Waals surface area contributed by atoms with Crippen molar-refractivity contribution in [2.45, 2.75) is 57.9 Å². The molecule has 0 aromatic carbocycles. The summed E-state index contributed by atoms with van der Waals surface area (Å²) in [5.41, 5.74) is 0. The molecule has 1 heterocycles. The molecule has 0 aromatic rings. The second kappa shape index (κ2) is 7.45. The fourth-order valence-corrected chi connectivity index (χ4v) is 2.02. The Morgan fingerprint density at radius 1 is 0.909 bits per heavy atom. The predicted molar refractivity (Wildman–Crippen MR) is 63.5 cm³/mol. The molecule has 1 aliphatic heterocycles. The van der Waals surface area contributed by atoms with Crippen LogP contribution >= 0.6 is 0 Å². The zero-order valence-corrected chi connectivity index (χ0v) is 12.0. The van der Waals surface area contributed by atoms with Crippen LogP contribution in [0.25, 0.3) is 0 Å². The molecule has 0 saturated carbocycles. The lowest BCUT2D eigenvalue weighted by molar-refractivity contribution is -0.307. The molecule has 0 spiro atoms. The second-order valence-electron chi connectivity index (χ2n) is 4.55. The van der Waals surface area contributed by atoms with Crippen LogP contribution in [0.4, 0.5) is 8.78 Å². The first-order valence-electron chi connectivity index (χ1n) is 6.26. The van der Waals surface area contributed by atoms with Gasteiger partial charge in [0.25, 0.3) is 6.43 Å². The first-order chi connectivity index (χ1) is 10.1. The Bertz CT molecular complexity index is 441. The van der Waals surface area contributed by atoms with Gasteiger partial charge in [-0.05, 0) is 0 Å². The van der Waals surface area contributed by atoms with Gasteiger partial charge in [-0.2, -0.15) is 0 Å². The van der Waals surface area contributed by atoms with Crippen molar-refractivity contribution >= 4 is 17.9 Å². The molecule has 0 amide bonds. The molecule has 0 radical (unpaired) electrons. The molecule has 0 aromatic heterocycles. The van der Waals surface area contributed by atoms with Crippen LogP contribution in [0, 0.1) is 0 Å². The maximum absolute atomic E-state index is 13.0. The van der Waals surface area contributed by atoms with Gasteiger partial charge in [-0.15, -0.1) is 0 Å². The number of ether oxygens (including phenoxy) is 4. The van der Waals surface area contributed by atoms with E-state index in [9.17, 15) is 28.3 Å². The molecule has 22 heavy (non-hydrogen) atoms. The Morgan fingerprint density at radius 3 is 1.73 bits per heavy atom. The van der Waals surface area contributed by atoms with Crippen LogP contribution in [0.2, 0.25) is 0 Å². The fraction of sp³-hybridized carbons (Fsp3) is 0.750. The number of rotatable bonds is 4. The molecule has 0 aliphatic carbocycles. The van der Waals surface area contributed by atoms with E-state index in [1.54, 1.807) is 0 Å². The highest BCUT2D eigenvalue weighted by atomic mass is 19.3. The number of alkyl halides is 2. The standard InChI is InChI=1S/C12H16F2O8/c1-4(15)19-7-8(20-5(2)16)10(21-6(3)17)12(18)22-9(7)11(13)14/h7-12,18H,1-3H3/t7-,8?,9?,10?,12+/m0/s1. The van der Waals surface area contributed by atoms with E-state index in [1.165, 1.54) is 0 Å². The third kappa shape index (κ3) is 4.60. The summed E-state index contributed by atoms with van der Waals surface area (Å²) >= 11 is 0. The highest BCUT2D eigenvalue weighted by Crippen LogP contribution is 2.30. The Morgan fingerprint density at radius 2 is 1.32 bits per heavy atom. The van der Waals surface area contributed by atoms with E-state index >= 15 is 0 Å². The third-order valence-electron chi connectivity index (χ3n) is 2.70. The molecule has 1 aliphatic rings. The quantitative estimate of drug-likeness (QED) is 0.557. The predicted octanol–water partition coefficient (Wildman–Crippen LogP) is -0.236. The summed E-state index contributed by atoms with van der Waals surface area (Å²) < 4.78 is 44.9. The van der Waals surface area contributed by atoms with E-state index in [1.807, 2.05) is 0 Å². The minimum absolute atomic E-state index is 0.873. The van der Waals surface area contributed by atoms with Crippen LogP contribution in [0.1, 0.15) is 20.8 Å². The van der Waals surface area contributed by atoms with E-state index in [-0.39, 0.29) is 0 Å². The van der Waals surface area contributed by atoms with Crippen LogP contribution in [0.5, 0.6) is 0 Å². The van der Waals surface area contributed by atoms with Gasteiger partial charge in [-0.3, -0.25) is 14.4 Å². The summed E-state index contributed by atoms with van der Waals surface area (Å²) in [5, 5.41) is 9.71. The molecule has 0 bridgehead atoms. The monoisotopic (exact) mass is 326 g/mol. The van der Waals surface area contributed by atoms with Crippen molar-refractivity contribution in [2.24, 2.45) is 0 Å². The average Bonchev–Trinajstić information content (AvgIpc) is 2.34. The molecule has 1 saturated heterocycles. The molecular formula is C12H16F2O8. The zero-order chi connectivity index (χ0) is 17.0. The van der Waals surface area contributed by atoms with Gasteiger partial charge < -0.3 is 24.1 Å². The van der Waals surface area contributed by atoms with Gasteiger partial charge in [0.15, 0.2) is 30.7 Å². The Kier molecular flexibility index (Phi) is 6.18. The van der Waals surface area contributed by atoms with Gasteiger partial charge in [0.1, 0.15) is 0 Å². The zero-order valence-electron chi connectivity index (χ0n) is 12.0. The maximum Gasteiger partial charge on any atom is 0.303 e. The van der Waals surface area contributed by atoms with E-state index < -0.39 is 55.0 Å². The molecule has 1 N–H and O–H groups in total. The van der Waals surface area contributed by atoms with Crippen LogP contribution in [0.3, 0.4) is 0 Å². The smallest absolute Gasteiger partial charge is 0.303 e. The normalized spacial score (nSPS) is 31.5. The molecule has 126 valence electrons. The molecule has 5 atom stereocenters. The van der Waals surface area contributed by atoms with Crippen molar-refractivity contribution < 1.29 is 47.2 Å². The molecule has 10 heteroatoms. The number of halogens is 2. The van der Waals surface area contributed by atoms with Crippen LogP contribution in [-0.2, 0) is 33.3 Å². The van der Waals surface area contributed by atoms with Crippen molar-refractivity contribution in [3.8, 4) is 0 Å². The number of esters is 3. The third-order valence-corrected chi connectivity index (χ3v) is 2.70. The number of hydrogen-bond acceptors (Lipinski definition) is 8. The minimum Gasteiger partial charge on any atom is -0.455 e.